The summed E-state index contributed by atoms with van der Waals surface area (Å²) in [7, 11) is 0. The van der Waals surface area contributed by atoms with Crippen LogP contribution in [0.5, 0.6) is 5.75 Å². The van der Waals surface area contributed by atoms with Crippen LogP contribution in [0.1, 0.15) is 37.7 Å². The first-order chi connectivity index (χ1) is 20.1. The molecule has 4 N–H and O–H groups in total. The van der Waals surface area contributed by atoms with Gasteiger partial charge < -0.3 is 4.74 Å². The maximum Gasteiger partial charge on any atom is 0.274 e. The number of amides is 2. The van der Waals surface area contributed by atoms with Crippen LogP contribution in [0.25, 0.3) is 11.3 Å². The van der Waals surface area contributed by atoms with Gasteiger partial charge in [0.05, 0.1) is 18.0 Å². The average molecular weight is 592 g/mol. The van der Waals surface area contributed by atoms with Crippen molar-refractivity contribution in [3.05, 3.63) is 77.1 Å². The summed E-state index contributed by atoms with van der Waals surface area (Å²) < 4.78 is 5.84. The Balaban J connectivity index is 1.20. The molecule has 41 heavy (non-hydrogen) atoms. The number of thiazole rings is 2. The molecule has 0 aliphatic carbocycles. The third-order valence-electron chi connectivity index (χ3n) is 6.28. The van der Waals surface area contributed by atoms with Gasteiger partial charge >= 0.3 is 0 Å². The first-order valence-corrected chi connectivity index (χ1v) is 14.9. The van der Waals surface area contributed by atoms with Crippen molar-refractivity contribution in [2.24, 2.45) is 5.10 Å². The van der Waals surface area contributed by atoms with Crippen LogP contribution in [0.15, 0.2) is 76.7 Å². The molecule has 0 saturated heterocycles. The second-order valence-corrected chi connectivity index (χ2v) is 10.9. The molecule has 2 aromatic carbocycles. The van der Waals surface area contributed by atoms with Crippen LogP contribution in [0.4, 0.5) is 10.3 Å². The zero-order valence-corrected chi connectivity index (χ0v) is 23.7. The fourth-order valence-corrected chi connectivity index (χ4v) is 5.45. The second kappa shape index (κ2) is 13.9. The number of rotatable bonds is 14. The minimum absolute atomic E-state index is 0.241. The van der Waals surface area contributed by atoms with Crippen molar-refractivity contribution in [3.8, 4) is 17.0 Å². The summed E-state index contributed by atoms with van der Waals surface area (Å²) in [6.07, 6.45) is 5.47. The topological polar surface area (TPSA) is 141 Å². The Morgan fingerprint density at radius 2 is 1.80 bits per heavy atom. The lowest BCUT2D eigenvalue weighted by atomic mass is 10.0. The van der Waals surface area contributed by atoms with Crippen LogP contribution in [0.2, 0.25) is 0 Å². The third-order valence-corrected chi connectivity index (χ3v) is 7.78. The van der Waals surface area contributed by atoms with E-state index in [1.165, 1.54) is 27.7 Å². The Labute approximate surface area is 244 Å². The highest BCUT2D eigenvalue weighted by Gasteiger charge is 2.39. The lowest BCUT2D eigenvalue weighted by Crippen LogP contribution is -2.46. The van der Waals surface area contributed by atoms with Gasteiger partial charge in [-0.2, -0.15) is 10.1 Å². The molecule has 4 aromatic rings. The molecule has 0 saturated carbocycles. The van der Waals surface area contributed by atoms with Crippen LogP contribution in [-0.2, 0) is 9.59 Å². The Hall–Kier alpha value is -4.17. The van der Waals surface area contributed by atoms with Crippen molar-refractivity contribution in [1.82, 2.24) is 20.9 Å². The third kappa shape index (κ3) is 7.32. The van der Waals surface area contributed by atoms with Crippen molar-refractivity contribution in [3.63, 3.8) is 0 Å². The molecule has 13 heteroatoms. The minimum atomic E-state index is -0.717. The zero-order chi connectivity index (χ0) is 28.4. The maximum absolute atomic E-state index is 13.5. The van der Waals surface area contributed by atoms with Gasteiger partial charge in [-0.25, -0.2) is 20.9 Å². The quantitative estimate of drug-likeness (QED) is 0.0928. The number of benzene rings is 2. The number of nitrogens with zero attached hydrogens (tertiary/aromatic N) is 4. The molecule has 1 aliphatic rings. The number of carbonyl (C=O) groups excluding carboxylic acids is 2. The van der Waals surface area contributed by atoms with E-state index in [0.29, 0.717) is 29.0 Å². The smallest absolute Gasteiger partial charge is 0.274 e. The molecule has 0 spiro atoms. The number of anilines is 2. The number of hydrazone groups is 1. The van der Waals surface area contributed by atoms with Gasteiger partial charge in [0.25, 0.3) is 5.91 Å². The van der Waals surface area contributed by atoms with Crippen LogP contribution in [-0.4, -0.2) is 45.3 Å². The fraction of sp³-hybridized carbons (Fsp3) is 0.250. The molecule has 0 radical (unpaired) electrons. The van der Waals surface area contributed by atoms with Crippen molar-refractivity contribution >= 4 is 50.5 Å². The second-order valence-electron chi connectivity index (χ2n) is 9.13. The molecule has 1 aliphatic heterocycles. The molecule has 2 aromatic heterocycles. The average Bonchev–Trinajstić information content (AvgIpc) is 3.77. The van der Waals surface area contributed by atoms with Gasteiger partial charge in [0.1, 0.15) is 5.75 Å². The zero-order valence-electron chi connectivity index (χ0n) is 22.0. The molecule has 3 heterocycles. The Bertz CT molecular complexity index is 1460. The van der Waals surface area contributed by atoms with E-state index in [1.807, 2.05) is 65.4 Å². The number of aromatic nitrogens is 2. The Kier molecular flexibility index (Phi) is 9.65. The molecule has 212 valence electrons. The highest BCUT2D eigenvalue weighted by atomic mass is 32.1. The molecule has 0 fully saturated rings. The molecule has 1 atom stereocenters. The summed E-state index contributed by atoms with van der Waals surface area (Å²) in [6, 6.07) is 16.5. The molecule has 5 rings (SSSR count). The lowest BCUT2D eigenvalue weighted by molar-refractivity contribution is -0.129. The number of hydroxylamine groups is 1. The number of nitrogens with one attached hydrogen (secondary N) is 3. The molecular weight excluding hydrogens is 562 g/mol. The number of unbranched alkanes of at least 4 members (excludes halogenated alkanes) is 3. The standard InChI is InChI=1S/C28H29N7O4S2/c36-23(34-38)10-6-1-2-7-16-39-21-13-11-19(12-14-21)22-18-41-28(30-22)35-26(37)25(31-32-27-29-15-17-40-27)24(33-35)20-8-4-3-5-9-20/h3-5,8-9,11-15,17-18,25,31,38H,1-2,6-7,10,16H2,(H,29,32)(H,34,36). The lowest BCUT2D eigenvalue weighted by Gasteiger charge is -2.14. The predicted molar refractivity (Wildman–Crippen MR) is 159 cm³/mol. The van der Waals surface area contributed by atoms with Crippen LogP contribution >= 0.6 is 22.7 Å². The largest absolute Gasteiger partial charge is 0.494 e. The van der Waals surface area contributed by atoms with E-state index in [2.05, 4.69) is 20.9 Å². The Morgan fingerprint density at radius 1 is 1.00 bits per heavy atom. The summed E-state index contributed by atoms with van der Waals surface area (Å²) in [5.41, 5.74) is 10.8. The predicted octanol–water partition coefficient (Wildman–Crippen LogP) is 4.84. The van der Waals surface area contributed by atoms with Gasteiger partial charge in [-0.3, -0.25) is 20.2 Å². The summed E-state index contributed by atoms with van der Waals surface area (Å²) in [5.74, 6) is 0.165. The molecule has 2 amide bonds. The highest BCUT2D eigenvalue weighted by molar-refractivity contribution is 7.14. The summed E-state index contributed by atoms with van der Waals surface area (Å²) >= 11 is 2.77. The summed E-state index contributed by atoms with van der Waals surface area (Å²) in [5, 5.41) is 19.4. The van der Waals surface area contributed by atoms with Crippen molar-refractivity contribution in [2.45, 2.75) is 38.1 Å². The number of carbonyl (C=O) groups is 2. The van der Waals surface area contributed by atoms with Gasteiger partial charge in [0.2, 0.25) is 11.0 Å². The molecular formula is C28H29N7O4S2. The van der Waals surface area contributed by atoms with E-state index < -0.39 is 6.04 Å². The van der Waals surface area contributed by atoms with E-state index in [9.17, 15) is 9.59 Å². The SMILES string of the molecule is O=C(CCCCCCOc1ccc(-c2csc(N3N=C(c4ccccc4)C(NNc4nccs4)C3=O)n2)cc1)NO. The summed E-state index contributed by atoms with van der Waals surface area (Å²) in [4.78, 5) is 33.4. The van der Waals surface area contributed by atoms with Gasteiger partial charge in [-0.1, -0.05) is 43.2 Å². The van der Waals surface area contributed by atoms with Gasteiger partial charge in [0.15, 0.2) is 11.2 Å². The van der Waals surface area contributed by atoms with E-state index in [4.69, 9.17) is 14.9 Å². The van der Waals surface area contributed by atoms with Gasteiger partial charge in [-0.05, 0) is 37.1 Å². The highest BCUT2D eigenvalue weighted by Crippen LogP contribution is 2.31. The normalized spacial score (nSPS) is 14.7. The van der Waals surface area contributed by atoms with E-state index in [1.54, 1.807) is 11.7 Å². The molecule has 0 bridgehead atoms. The van der Waals surface area contributed by atoms with Gasteiger partial charge in [0, 0.05) is 34.5 Å². The number of hydrogen-bond acceptors (Lipinski definition) is 11. The van der Waals surface area contributed by atoms with E-state index >= 15 is 0 Å². The molecule has 11 nitrogen and oxygen atoms in total. The van der Waals surface area contributed by atoms with Crippen LogP contribution < -0.4 is 26.1 Å². The van der Waals surface area contributed by atoms with Crippen molar-refractivity contribution < 1.29 is 19.5 Å². The monoisotopic (exact) mass is 591 g/mol. The number of hydrazine groups is 1. The molecule has 1 unspecified atom stereocenters. The number of ether oxygens (including phenoxy) is 1. The van der Waals surface area contributed by atoms with Crippen molar-refractivity contribution in [1.29, 1.82) is 0 Å². The number of hydrogen-bond donors (Lipinski definition) is 4. The van der Waals surface area contributed by atoms with E-state index in [0.717, 1.165) is 48.3 Å². The fourth-order valence-electron chi connectivity index (χ4n) is 4.18. The van der Waals surface area contributed by atoms with Crippen LogP contribution in [0.3, 0.4) is 0 Å². The minimum Gasteiger partial charge on any atom is -0.494 e. The maximum atomic E-state index is 13.5. The first-order valence-electron chi connectivity index (χ1n) is 13.1. The van der Waals surface area contributed by atoms with E-state index in [-0.39, 0.29) is 11.8 Å². The summed E-state index contributed by atoms with van der Waals surface area (Å²) in [6.45, 7) is 0.581. The first kappa shape index (κ1) is 28.4. The van der Waals surface area contributed by atoms with Crippen LogP contribution in [0, 0.1) is 0 Å². The van der Waals surface area contributed by atoms with Crippen molar-refractivity contribution in [2.75, 3.05) is 17.0 Å². The Morgan fingerprint density at radius 3 is 2.56 bits per heavy atom. The van der Waals surface area contributed by atoms with Gasteiger partial charge in [-0.15, -0.1) is 22.7 Å².